The van der Waals surface area contributed by atoms with E-state index in [2.05, 4.69) is 4.98 Å². The molecule has 1 saturated heterocycles. The number of carbonyl (C=O) groups excluding carboxylic acids is 1. The Morgan fingerprint density at radius 2 is 2.04 bits per heavy atom. The van der Waals surface area contributed by atoms with Gasteiger partial charge in [-0.1, -0.05) is 22.7 Å². The third kappa shape index (κ3) is 4.30. The molecule has 10 heteroatoms. The lowest BCUT2D eigenvalue weighted by atomic mass is 10.1. The van der Waals surface area contributed by atoms with Crippen molar-refractivity contribution in [3.05, 3.63) is 65.7 Å². The van der Waals surface area contributed by atoms with Gasteiger partial charge in [-0.15, -0.1) is 0 Å². The molecule has 3 rings (SSSR count). The monoisotopic (exact) mass is 395 g/mol. The Labute approximate surface area is 156 Å². The normalized spacial score (nSPS) is 20.0. The molecule has 1 N–H and O–H groups in total. The zero-order valence-electron chi connectivity index (χ0n) is 14.4. The largest absolute Gasteiger partial charge is 0.370 e. The van der Waals surface area contributed by atoms with Gasteiger partial charge in [-0.05, 0) is 30.7 Å². The van der Waals surface area contributed by atoms with Gasteiger partial charge >= 0.3 is 10.2 Å². The maximum absolute atomic E-state index is 13.1. The Balaban J connectivity index is 1.81. The van der Waals surface area contributed by atoms with Crippen molar-refractivity contribution in [2.24, 2.45) is 0 Å². The topological polar surface area (TPSA) is 97.8 Å². The number of nitrogens with zero attached hydrogens (tertiary/aromatic N) is 2. The van der Waals surface area contributed by atoms with E-state index in [4.69, 9.17) is 9.57 Å². The van der Waals surface area contributed by atoms with Gasteiger partial charge in [-0.3, -0.25) is 14.6 Å². The third-order valence-electron chi connectivity index (χ3n) is 4.05. The smallest absolute Gasteiger partial charge is 0.326 e. The zero-order chi connectivity index (χ0) is 19.4. The first-order valence-electron chi connectivity index (χ1n) is 8.11. The molecule has 0 bridgehead atoms. The summed E-state index contributed by atoms with van der Waals surface area (Å²) >= 11 is 0. The van der Waals surface area contributed by atoms with Crippen LogP contribution in [0.2, 0.25) is 0 Å². The highest BCUT2D eigenvalue weighted by Crippen LogP contribution is 2.33. The van der Waals surface area contributed by atoms with Gasteiger partial charge in [0.2, 0.25) is 0 Å². The van der Waals surface area contributed by atoms with Gasteiger partial charge in [0, 0.05) is 12.2 Å². The maximum Gasteiger partial charge on any atom is 0.326 e. The number of pyridine rings is 1. The lowest BCUT2D eigenvalue weighted by Crippen LogP contribution is -2.48. The molecule has 2 aromatic rings. The summed E-state index contributed by atoms with van der Waals surface area (Å²) in [5.41, 5.74) is 0.557. The number of halogens is 1. The van der Waals surface area contributed by atoms with Crippen LogP contribution in [0.3, 0.4) is 0 Å². The Kier molecular flexibility index (Phi) is 5.80. The van der Waals surface area contributed by atoms with E-state index in [0.29, 0.717) is 16.6 Å². The van der Waals surface area contributed by atoms with Crippen molar-refractivity contribution < 1.29 is 27.2 Å². The summed E-state index contributed by atoms with van der Waals surface area (Å²) in [5.74, 6) is -1.30. The molecule has 1 fully saturated rings. The van der Waals surface area contributed by atoms with Crippen molar-refractivity contribution in [3.63, 3.8) is 0 Å². The zero-order valence-corrected chi connectivity index (χ0v) is 15.2. The first kappa shape index (κ1) is 19.4. The molecule has 0 aliphatic carbocycles. The molecule has 2 atom stereocenters. The number of hydrogen-bond donors (Lipinski definition) is 1. The van der Waals surface area contributed by atoms with Crippen LogP contribution in [-0.2, 0) is 19.8 Å². The summed E-state index contributed by atoms with van der Waals surface area (Å²) < 4.78 is 46.7. The van der Waals surface area contributed by atoms with Gasteiger partial charge < -0.3 is 4.74 Å². The second kappa shape index (κ2) is 8.09. The van der Waals surface area contributed by atoms with E-state index in [-0.39, 0.29) is 12.2 Å². The predicted octanol–water partition coefficient (Wildman–Crippen LogP) is 1.59. The van der Waals surface area contributed by atoms with Gasteiger partial charge in [-0.25, -0.2) is 9.11 Å². The summed E-state index contributed by atoms with van der Waals surface area (Å²) in [6.07, 6.45) is 0.587. The molecular weight excluding hydrogens is 377 g/mol. The molecule has 0 saturated carbocycles. The summed E-state index contributed by atoms with van der Waals surface area (Å²) in [6, 6.07) is 9.80. The number of aromatic nitrogens is 1. The van der Waals surface area contributed by atoms with Crippen molar-refractivity contribution in [1.82, 2.24) is 14.2 Å². The van der Waals surface area contributed by atoms with Crippen LogP contribution in [0.5, 0.6) is 0 Å². The molecule has 2 unspecified atom stereocenters. The molecule has 27 heavy (non-hydrogen) atoms. The second-order valence-electron chi connectivity index (χ2n) is 5.79. The van der Waals surface area contributed by atoms with Crippen molar-refractivity contribution in [3.8, 4) is 0 Å². The number of nitrogens with one attached hydrogen (secondary N) is 1. The summed E-state index contributed by atoms with van der Waals surface area (Å²) in [7, 11) is -3.14. The first-order chi connectivity index (χ1) is 12.9. The minimum atomic E-state index is -4.32. The molecule has 1 aromatic heterocycles. The Bertz CT molecular complexity index is 893. The molecule has 0 spiro atoms. The SMILES string of the molecule is CON(C1CCOC1c1ccc(F)cn1)S(=O)(=O)NC(=O)c1ccccc1. The predicted molar refractivity (Wildman–Crippen MR) is 93.0 cm³/mol. The number of carbonyl (C=O) groups is 1. The fraction of sp³-hybridized carbons (Fsp3) is 0.294. The Morgan fingerprint density at radius 3 is 2.67 bits per heavy atom. The highest BCUT2D eigenvalue weighted by atomic mass is 32.2. The van der Waals surface area contributed by atoms with Gasteiger partial charge in [0.25, 0.3) is 5.91 Å². The van der Waals surface area contributed by atoms with E-state index in [9.17, 15) is 17.6 Å². The molecule has 2 heterocycles. The lowest BCUT2D eigenvalue weighted by Gasteiger charge is -2.28. The second-order valence-corrected chi connectivity index (χ2v) is 7.30. The van der Waals surface area contributed by atoms with Gasteiger partial charge in [0.05, 0.1) is 25.0 Å². The van der Waals surface area contributed by atoms with E-state index in [0.717, 1.165) is 6.20 Å². The molecule has 1 aliphatic heterocycles. The van der Waals surface area contributed by atoms with Crippen molar-refractivity contribution in [2.45, 2.75) is 18.6 Å². The molecule has 1 aliphatic rings. The van der Waals surface area contributed by atoms with Gasteiger partial charge in [-0.2, -0.15) is 8.42 Å². The maximum atomic E-state index is 13.1. The Morgan fingerprint density at radius 1 is 1.30 bits per heavy atom. The van der Waals surface area contributed by atoms with E-state index < -0.39 is 34.1 Å². The molecule has 8 nitrogen and oxygen atoms in total. The van der Waals surface area contributed by atoms with E-state index >= 15 is 0 Å². The van der Waals surface area contributed by atoms with Crippen LogP contribution in [0.15, 0.2) is 48.7 Å². The first-order valence-corrected chi connectivity index (χ1v) is 9.55. The van der Waals surface area contributed by atoms with Crippen LogP contribution in [-0.4, -0.2) is 43.5 Å². The number of ether oxygens (including phenoxy) is 1. The minimum absolute atomic E-state index is 0.191. The molecule has 144 valence electrons. The van der Waals surface area contributed by atoms with Gasteiger partial charge in [0.15, 0.2) is 0 Å². The fourth-order valence-corrected chi connectivity index (χ4v) is 4.07. The number of rotatable bonds is 6. The number of hydrogen-bond acceptors (Lipinski definition) is 6. The van der Waals surface area contributed by atoms with Crippen LogP contribution in [0, 0.1) is 5.82 Å². The highest BCUT2D eigenvalue weighted by molar-refractivity contribution is 7.87. The van der Waals surface area contributed by atoms with Crippen LogP contribution in [0.25, 0.3) is 0 Å². The summed E-state index contributed by atoms with van der Waals surface area (Å²) in [4.78, 5) is 21.2. The van der Waals surface area contributed by atoms with Gasteiger partial charge in [0.1, 0.15) is 11.9 Å². The molecule has 1 amide bonds. The Hall–Kier alpha value is -2.40. The minimum Gasteiger partial charge on any atom is -0.370 e. The van der Waals surface area contributed by atoms with Crippen molar-refractivity contribution >= 4 is 16.1 Å². The summed E-state index contributed by atoms with van der Waals surface area (Å²) in [6.45, 7) is 0.260. The highest BCUT2D eigenvalue weighted by Gasteiger charge is 2.42. The van der Waals surface area contributed by atoms with Crippen molar-refractivity contribution in [2.75, 3.05) is 13.7 Å². The van der Waals surface area contributed by atoms with Crippen LogP contribution in [0.1, 0.15) is 28.6 Å². The van der Waals surface area contributed by atoms with Crippen molar-refractivity contribution in [1.29, 1.82) is 0 Å². The third-order valence-corrected chi connectivity index (χ3v) is 5.38. The van der Waals surface area contributed by atoms with Crippen LogP contribution >= 0.6 is 0 Å². The fourth-order valence-electron chi connectivity index (χ4n) is 2.85. The number of hydroxylamine groups is 1. The quantitative estimate of drug-likeness (QED) is 0.746. The lowest BCUT2D eigenvalue weighted by molar-refractivity contribution is -0.0990. The average Bonchev–Trinajstić information content (AvgIpc) is 3.12. The van der Waals surface area contributed by atoms with E-state index in [1.54, 1.807) is 18.2 Å². The van der Waals surface area contributed by atoms with E-state index in [1.165, 1.54) is 31.4 Å². The summed E-state index contributed by atoms with van der Waals surface area (Å²) in [5, 5.41) is 0. The van der Waals surface area contributed by atoms with Crippen LogP contribution < -0.4 is 4.72 Å². The number of amides is 1. The van der Waals surface area contributed by atoms with Crippen LogP contribution in [0.4, 0.5) is 4.39 Å². The molecular formula is C17H18FN3O5S. The standard InChI is InChI=1S/C17H18FN3O5S/c1-25-21(27(23,24)20-17(22)12-5-3-2-4-6-12)15-9-10-26-16(15)14-8-7-13(18)11-19-14/h2-8,11,15-16H,9-10H2,1H3,(H,20,22). The average molecular weight is 395 g/mol. The van der Waals surface area contributed by atoms with E-state index in [1.807, 2.05) is 4.72 Å². The molecule has 0 radical (unpaired) electrons. The number of benzene rings is 1. The molecule has 1 aromatic carbocycles.